The van der Waals surface area contributed by atoms with Gasteiger partial charge in [0.05, 0.1) is 12.2 Å². The van der Waals surface area contributed by atoms with Gasteiger partial charge >= 0.3 is 6.09 Å². The minimum Gasteiger partial charge on any atom is -0.487 e. The molecule has 0 radical (unpaired) electrons. The third-order valence-corrected chi connectivity index (χ3v) is 9.09. The van der Waals surface area contributed by atoms with E-state index in [2.05, 4.69) is 24.1 Å². The smallest absolute Gasteiger partial charge is 0.408 e. The molecule has 4 heterocycles. The highest BCUT2D eigenvalue weighted by molar-refractivity contribution is 6.30. The number of aromatic amines is 1. The molecule has 3 aromatic rings. The number of piperidine rings is 1. The van der Waals surface area contributed by atoms with Crippen LogP contribution in [0.5, 0.6) is 5.75 Å². The lowest BCUT2D eigenvalue weighted by Gasteiger charge is -2.53. The first kappa shape index (κ1) is 28.9. The summed E-state index contributed by atoms with van der Waals surface area (Å²) in [6, 6.07) is 12.9. The van der Waals surface area contributed by atoms with Gasteiger partial charge in [-0.25, -0.2) is 4.79 Å². The van der Waals surface area contributed by atoms with E-state index in [0.717, 1.165) is 40.6 Å². The first-order chi connectivity index (χ1) is 19.9. The van der Waals surface area contributed by atoms with Crippen LogP contribution in [0.4, 0.5) is 4.79 Å². The molecule has 2 saturated heterocycles. The van der Waals surface area contributed by atoms with Crippen LogP contribution in [0.2, 0.25) is 5.02 Å². The lowest BCUT2D eigenvalue weighted by Crippen LogP contribution is -2.58. The quantitative estimate of drug-likeness (QED) is 0.364. The van der Waals surface area contributed by atoms with E-state index < -0.39 is 23.3 Å². The number of fused-ring (bicyclic) bond motifs is 5. The van der Waals surface area contributed by atoms with Crippen LogP contribution >= 0.6 is 11.6 Å². The molecular weight excluding hydrogens is 554 g/mol. The number of alkyl carbamates (subject to hydrolysis) is 1. The Balaban J connectivity index is 1.21. The molecular formula is C33H40ClN3O5. The van der Waals surface area contributed by atoms with Crippen LogP contribution < -0.4 is 10.1 Å². The normalized spacial score (nSPS) is 25.4. The van der Waals surface area contributed by atoms with Gasteiger partial charge < -0.3 is 29.4 Å². The number of carbonyl (C=O) groups is 2. The SMILES string of the molecule is CC(C)(C)OC(=O)N[C@@H](Cc1c[nH]c2ccccc12)C(=O)N1CC[C@H]2O[C@H]3c4cc(Cl)ccc4OC(C)(C)[C@@H]3C[C@H]2C1. The molecule has 0 bridgehead atoms. The average molecular weight is 594 g/mol. The number of aromatic nitrogens is 1. The number of rotatable bonds is 4. The van der Waals surface area contributed by atoms with E-state index in [-0.39, 0.29) is 30.0 Å². The van der Waals surface area contributed by atoms with Crippen LogP contribution in [0.15, 0.2) is 48.7 Å². The number of hydrogen-bond donors (Lipinski definition) is 2. The largest absolute Gasteiger partial charge is 0.487 e. The maximum atomic E-state index is 14.1. The Kier molecular flexibility index (Phi) is 7.42. The first-order valence-corrected chi connectivity index (χ1v) is 15.2. The summed E-state index contributed by atoms with van der Waals surface area (Å²) < 4.78 is 18.8. The Morgan fingerprint density at radius 2 is 2.00 bits per heavy atom. The summed E-state index contributed by atoms with van der Waals surface area (Å²) in [6.45, 7) is 10.8. The molecule has 224 valence electrons. The molecule has 2 fully saturated rings. The number of H-pyrrole nitrogens is 1. The van der Waals surface area contributed by atoms with Gasteiger partial charge in [-0.2, -0.15) is 0 Å². The molecule has 0 saturated carbocycles. The summed E-state index contributed by atoms with van der Waals surface area (Å²) in [6.07, 6.45) is 3.19. The maximum Gasteiger partial charge on any atom is 0.408 e. The van der Waals surface area contributed by atoms with Crippen LogP contribution in [-0.4, -0.2) is 58.3 Å². The molecule has 42 heavy (non-hydrogen) atoms. The zero-order valence-corrected chi connectivity index (χ0v) is 25.7. The van der Waals surface area contributed by atoms with Gasteiger partial charge in [0.2, 0.25) is 5.91 Å². The fourth-order valence-electron chi connectivity index (χ4n) is 6.87. The fourth-order valence-corrected chi connectivity index (χ4v) is 7.05. The van der Waals surface area contributed by atoms with Crippen LogP contribution in [0.3, 0.4) is 0 Å². The Bertz CT molecular complexity index is 1490. The van der Waals surface area contributed by atoms with Gasteiger partial charge in [-0.3, -0.25) is 4.79 Å². The molecule has 3 aliphatic heterocycles. The van der Waals surface area contributed by atoms with Crippen LogP contribution in [0.1, 0.15) is 64.7 Å². The van der Waals surface area contributed by atoms with Crippen molar-refractivity contribution in [3.05, 3.63) is 64.8 Å². The lowest BCUT2D eigenvalue weighted by molar-refractivity contribution is -0.189. The monoisotopic (exact) mass is 593 g/mol. The molecule has 1 aromatic heterocycles. The Labute approximate surface area is 252 Å². The summed E-state index contributed by atoms with van der Waals surface area (Å²) in [5, 5.41) is 4.59. The third-order valence-electron chi connectivity index (χ3n) is 8.85. The Morgan fingerprint density at radius 3 is 2.79 bits per heavy atom. The molecule has 9 heteroatoms. The number of ether oxygens (including phenoxy) is 3. The fraction of sp³-hybridized carbons (Fsp3) is 0.515. The van der Waals surface area contributed by atoms with Crippen LogP contribution in [-0.2, 0) is 20.7 Å². The predicted octanol–water partition coefficient (Wildman–Crippen LogP) is 6.42. The van der Waals surface area contributed by atoms with Crippen molar-refractivity contribution in [2.75, 3.05) is 13.1 Å². The molecule has 6 rings (SSSR count). The summed E-state index contributed by atoms with van der Waals surface area (Å²) >= 11 is 6.36. The second-order valence-corrected chi connectivity index (χ2v) is 13.9. The van der Waals surface area contributed by atoms with Crippen molar-refractivity contribution in [1.82, 2.24) is 15.2 Å². The average Bonchev–Trinajstić information content (AvgIpc) is 3.33. The van der Waals surface area contributed by atoms with Crippen molar-refractivity contribution in [3.63, 3.8) is 0 Å². The van der Waals surface area contributed by atoms with Crippen molar-refractivity contribution in [2.45, 2.75) is 83.3 Å². The summed E-state index contributed by atoms with van der Waals surface area (Å²) in [7, 11) is 0. The van der Waals surface area contributed by atoms with Gasteiger partial charge in [0.25, 0.3) is 0 Å². The van der Waals surface area contributed by atoms with E-state index in [1.165, 1.54) is 0 Å². The van der Waals surface area contributed by atoms with Crippen molar-refractivity contribution in [3.8, 4) is 5.75 Å². The molecule has 0 spiro atoms. The number of nitrogens with zero attached hydrogens (tertiary/aromatic N) is 1. The molecule has 0 unspecified atom stereocenters. The number of likely N-dealkylation sites (tertiary alicyclic amines) is 1. The van der Waals surface area contributed by atoms with E-state index in [4.69, 9.17) is 25.8 Å². The first-order valence-electron chi connectivity index (χ1n) is 14.9. The zero-order valence-electron chi connectivity index (χ0n) is 24.9. The van der Waals surface area contributed by atoms with Gasteiger partial charge in [-0.1, -0.05) is 29.8 Å². The highest BCUT2D eigenvalue weighted by Crippen LogP contribution is 2.53. The standard InChI is InChI=1S/C33H40ClN3O5/c1-32(2,3)42-31(39)36-26(15-19-17-35-25-9-7-6-8-22(19)25)30(38)37-13-12-27-20(18-37)14-24-29(40-27)23-16-21(34)10-11-28(23)41-33(24,4)5/h6-11,16-17,20,24,26-27,29,35H,12-15,18H2,1-5H3,(H,36,39)/t20-,24+,26-,27+,29-/m0/s1. The number of benzene rings is 2. The van der Waals surface area contributed by atoms with E-state index >= 15 is 0 Å². The number of nitrogens with one attached hydrogen (secondary N) is 2. The van der Waals surface area contributed by atoms with Crippen molar-refractivity contribution in [2.24, 2.45) is 11.8 Å². The Morgan fingerprint density at radius 1 is 1.21 bits per heavy atom. The van der Waals surface area contributed by atoms with Gasteiger partial charge in [0.15, 0.2) is 0 Å². The minimum absolute atomic E-state index is 0.0296. The summed E-state index contributed by atoms with van der Waals surface area (Å²) in [5.41, 5.74) is 1.86. The molecule has 8 nitrogen and oxygen atoms in total. The molecule has 2 amide bonds. The van der Waals surface area contributed by atoms with Crippen molar-refractivity contribution < 1.29 is 23.8 Å². The minimum atomic E-state index is -0.767. The summed E-state index contributed by atoms with van der Waals surface area (Å²) in [5.74, 6) is 0.984. The van der Waals surface area contributed by atoms with E-state index in [1.807, 2.05) is 74.3 Å². The van der Waals surface area contributed by atoms with E-state index in [9.17, 15) is 9.59 Å². The topological polar surface area (TPSA) is 92.9 Å². The molecule has 5 atom stereocenters. The molecule has 2 N–H and O–H groups in total. The number of carbonyl (C=O) groups excluding carboxylic acids is 2. The van der Waals surface area contributed by atoms with Crippen LogP contribution in [0, 0.1) is 11.8 Å². The Hall–Kier alpha value is -3.23. The number of hydrogen-bond acceptors (Lipinski definition) is 5. The van der Waals surface area contributed by atoms with Gasteiger partial charge in [-0.05, 0) is 77.3 Å². The van der Waals surface area contributed by atoms with Gasteiger partial charge in [-0.15, -0.1) is 0 Å². The van der Waals surface area contributed by atoms with Crippen molar-refractivity contribution >= 4 is 34.5 Å². The molecule has 0 aliphatic carbocycles. The number of para-hydroxylation sites is 1. The lowest BCUT2D eigenvalue weighted by atomic mass is 9.70. The predicted molar refractivity (Wildman–Crippen MR) is 162 cm³/mol. The number of halogens is 1. The van der Waals surface area contributed by atoms with E-state index in [1.54, 1.807) is 0 Å². The van der Waals surface area contributed by atoms with E-state index in [0.29, 0.717) is 24.5 Å². The van der Waals surface area contributed by atoms with Gasteiger partial charge in [0.1, 0.15) is 23.0 Å². The second kappa shape index (κ2) is 10.8. The summed E-state index contributed by atoms with van der Waals surface area (Å²) in [4.78, 5) is 32.2. The highest BCUT2D eigenvalue weighted by Gasteiger charge is 2.52. The second-order valence-electron chi connectivity index (χ2n) is 13.4. The van der Waals surface area contributed by atoms with Crippen molar-refractivity contribution in [1.29, 1.82) is 0 Å². The van der Waals surface area contributed by atoms with Crippen LogP contribution in [0.25, 0.3) is 10.9 Å². The highest BCUT2D eigenvalue weighted by atomic mass is 35.5. The maximum absolute atomic E-state index is 14.1. The zero-order chi connectivity index (χ0) is 29.8. The van der Waals surface area contributed by atoms with Gasteiger partial charge in [0, 0.05) is 59.0 Å². The third kappa shape index (κ3) is 5.71. The molecule has 3 aliphatic rings. The molecule has 2 aromatic carbocycles. The number of amides is 2.